The number of rotatable bonds is 5. The highest BCUT2D eigenvalue weighted by atomic mass is 15.2. The topological polar surface area (TPSA) is 31.9 Å². The second-order valence-corrected chi connectivity index (χ2v) is 8.02. The van der Waals surface area contributed by atoms with Crippen molar-refractivity contribution in [3.05, 3.63) is 30.0 Å². The number of H-pyrrole nitrogens is 1. The summed E-state index contributed by atoms with van der Waals surface area (Å²) in [4.78, 5) is 2.60. The van der Waals surface area contributed by atoms with Crippen molar-refractivity contribution in [2.24, 2.45) is 11.8 Å². The molecule has 0 amide bonds. The Labute approximate surface area is 145 Å². The van der Waals surface area contributed by atoms with Crippen molar-refractivity contribution in [2.45, 2.75) is 64.3 Å². The molecule has 130 valence electrons. The number of nitrogens with zero attached hydrogens (tertiary/aromatic N) is 2. The first-order valence-corrected chi connectivity index (χ1v) is 10.0. The van der Waals surface area contributed by atoms with Crippen molar-refractivity contribution < 1.29 is 0 Å². The minimum Gasteiger partial charge on any atom is -0.297 e. The Morgan fingerprint density at radius 3 is 2.42 bits per heavy atom. The fourth-order valence-corrected chi connectivity index (χ4v) is 4.73. The van der Waals surface area contributed by atoms with E-state index in [4.69, 9.17) is 0 Å². The molecule has 3 heteroatoms. The number of likely N-dealkylation sites (tertiary alicyclic amines) is 1. The van der Waals surface area contributed by atoms with Crippen LogP contribution in [-0.4, -0.2) is 28.2 Å². The third kappa shape index (κ3) is 3.83. The third-order valence-electron chi connectivity index (χ3n) is 6.34. The number of nitrogens with one attached hydrogen (secondary N) is 1. The third-order valence-corrected chi connectivity index (χ3v) is 6.34. The Balaban J connectivity index is 1.24. The number of hydrogen-bond donors (Lipinski definition) is 1. The van der Waals surface area contributed by atoms with E-state index in [0.717, 1.165) is 23.9 Å². The lowest BCUT2D eigenvalue weighted by atomic mass is 9.82. The van der Waals surface area contributed by atoms with Gasteiger partial charge < -0.3 is 0 Å². The maximum Gasteiger partial charge on any atom is 0.0840 e. The molecule has 0 spiro atoms. The summed E-state index contributed by atoms with van der Waals surface area (Å²) in [6.07, 6.45) is 13.2. The maximum absolute atomic E-state index is 4.54. The van der Waals surface area contributed by atoms with E-state index in [0.29, 0.717) is 0 Å². The zero-order chi connectivity index (χ0) is 16.2. The Bertz CT molecular complexity index is 633. The van der Waals surface area contributed by atoms with Gasteiger partial charge in [-0.25, -0.2) is 0 Å². The van der Waals surface area contributed by atoms with E-state index in [1.165, 1.54) is 82.0 Å². The summed E-state index contributed by atoms with van der Waals surface area (Å²) >= 11 is 0. The average Bonchev–Trinajstić information content (AvgIpc) is 3.05. The highest BCUT2D eigenvalue weighted by Crippen LogP contribution is 2.31. The zero-order valence-corrected chi connectivity index (χ0v) is 14.8. The molecule has 1 aliphatic heterocycles. The van der Waals surface area contributed by atoms with Gasteiger partial charge in [-0.15, -0.1) is 0 Å². The molecule has 2 fully saturated rings. The zero-order valence-electron chi connectivity index (χ0n) is 14.8. The number of hydrogen-bond acceptors (Lipinski definition) is 2. The molecule has 4 rings (SSSR count). The van der Waals surface area contributed by atoms with Crippen LogP contribution in [0.4, 0.5) is 0 Å². The number of piperidine rings is 1. The highest BCUT2D eigenvalue weighted by Gasteiger charge is 2.22. The molecule has 3 nitrogen and oxygen atoms in total. The summed E-state index contributed by atoms with van der Waals surface area (Å²) in [6.45, 7) is 3.49. The van der Waals surface area contributed by atoms with Gasteiger partial charge in [0.05, 0.1) is 11.2 Å². The Morgan fingerprint density at radius 2 is 1.62 bits per heavy atom. The van der Waals surface area contributed by atoms with Crippen molar-refractivity contribution >= 4 is 10.9 Å². The molecular weight excluding hydrogens is 294 g/mol. The molecule has 0 radical (unpaired) electrons. The van der Waals surface area contributed by atoms with Gasteiger partial charge in [0.2, 0.25) is 0 Å². The summed E-state index contributed by atoms with van der Waals surface area (Å²) in [6, 6.07) is 8.48. The van der Waals surface area contributed by atoms with Crippen LogP contribution in [0.25, 0.3) is 10.9 Å². The average molecular weight is 326 g/mol. The first kappa shape index (κ1) is 16.1. The second-order valence-electron chi connectivity index (χ2n) is 8.02. The predicted octanol–water partition coefficient (Wildman–Crippen LogP) is 5.14. The lowest BCUT2D eigenvalue weighted by Gasteiger charge is -2.32. The molecule has 2 aromatic rings. The summed E-state index contributed by atoms with van der Waals surface area (Å²) in [5.41, 5.74) is 2.38. The van der Waals surface area contributed by atoms with Crippen LogP contribution in [0.15, 0.2) is 24.3 Å². The molecule has 1 saturated carbocycles. The summed E-state index contributed by atoms with van der Waals surface area (Å²) in [7, 11) is 0. The van der Waals surface area contributed by atoms with Gasteiger partial charge in [-0.2, -0.15) is 5.10 Å². The van der Waals surface area contributed by atoms with Crippen LogP contribution in [0.2, 0.25) is 0 Å². The maximum atomic E-state index is 4.54. The van der Waals surface area contributed by atoms with E-state index < -0.39 is 0 Å². The van der Waals surface area contributed by atoms with Crippen LogP contribution in [0.5, 0.6) is 0 Å². The number of para-hydroxylation sites is 1. The smallest absolute Gasteiger partial charge is 0.0840 e. The number of aromatic nitrogens is 2. The van der Waals surface area contributed by atoms with Crippen molar-refractivity contribution in [2.75, 3.05) is 13.1 Å². The van der Waals surface area contributed by atoms with Gasteiger partial charge in [-0.1, -0.05) is 63.1 Å². The van der Waals surface area contributed by atoms with Gasteiger partial charge in [0.25, 0.3) is 0 Å². The van der Waals surface area contributed by atoms with E-state index in [2.05, 4.69) is 39.4 Å². The molecule has 1 aliphatic carbocycles. The van der Waals surface area contributed by atoms with Crippen LogP contribution in [0.1, 0.15) is 63.5 Å². The Hall–Kier alpha value is -1.35. The first-order valence-electron chi connectivity index (χ1n) is 10.0. The van der Waals surface area contributed by atoms with Gasteiger partial charge in [0, 0.05) is 11.9 Å². The molecule has 0 unspecified atom stereocenters. The van der Waals surface area contributed by atoms with Gasteiger partial charge in [-0.05, 0) is 43.8 Å². The van der Waals surface area contributed by atoms with E-state index in [1.807, 2.05) is 0 Å². The van der Waals surface area contributed by atoms with Gasteiger partial charge >= 0.3 is 0 Å². The Kier molecular flexibility index (Phi) is 5.17. The lowest BCUT2D eigenvalue weighted by Crippen LogP contribution is -2.33. The van der Waals surface area contributed by atoms with Gasteiger partial charge in [0.15, 0.2) is 0 Å². The SMILES string of the molecule is c1ccc2c(CN3CCC(CCC4CCCCC4)CC3)n[nH]c2c1. The predicted molar refractivity (Wildman–Crippen MR) is 99.9 cm³/mol. The molecule has 1 aromatic heterocycles. The van der Waals surface area contributed by atoms with Crippen molar-refractivity contribution in [1.29, 1.82) is 0 Å². The fourth-order valence-electron chi connectivity index (χ4n) is 4.73. The van der Waals surface area contributed by atoms with Crippen LogP contribution < -0.4 is 0 Å². The van der Waals surface area contributed by atoms with E-state index >= 15 is 0 Å². The molecule has 1 N–H and O–H groups in total. The largest absolute Gasteiger partial charge is 0.297 e. The van der Waals surface area contributed by atoms with Crippen molar-refractivity contribution in [3.8, 4) is 0 Å². The molecule has 1 aromatic carbocycles. The van der Waals surface area contributed by atoms with Crippen LogP contribution in [-0.2, 0) is 6.54 Å². The molecular formula is C21H31N3. The number of benzene rings is 1. The summed E-state index contributed by atoms with van der Waals surface area (Å²) in [5.74, 6) is 2.02. The lowest BCUT2D eigenvalue weighted by molar-refractivity contribution is 0.163. The number of fused-ring (bicyclic) bond motifs is 1. The second kappa shape index (κ2) is 7.69. The Morgan fingerprint density at radius 1 is 0.917 bits per heavy atom. The molecule has 2 aliphatic rings. The van der Waals surface area contributed by atoms with E-state index in [-0.39, 0.29) is 0 Å². The normalized spacial score (nSPS) is 21.5. The molecule has 2 heterocycles. The van der Waals surface area contributed by atoms with Crippen LogP contribution in [0.3, 0.4) is 0 Å². The van der Waals surface area contributed by atoms with E-state index in [9.17, 15) is 0 Å². The monoisotopic (exact) mass is 325 g/mol. The van der Waals surface area contributed by atoms with Gasteiger partial charge in [-0.3, -0.25) is 10.00 Å². The van der Waals surface area contributed by atoms with Crippen molar-refractivity contribution in [1.82, 2.24) is 15.1 Å². The molecule has 1 saturated heterocycles. The molecule has 0 atom stereocenters. The van der Waals surface area contributed by atoms with Crippen LogP contribution >= 0.6 is 0 Å². The summed E-state index contributed by atoms with van der Waals surface area (Å²) < 4.78 is 0. The minimum absolute atomic E-state index is 0.971. The number of aromatic amines is 1. The summed E-state index contributed by atoms with van der Waals surface area (Å²) in [5, 5.41) is 8.99. The molecule has 24 heavy (non-hydrogen) atoms. The highest BCUT2D eigenvalue weighted by molar-refractivity contribution is 5.81. The van der Waals surface area contributed by atoms with Crippen LogP contribution in [0, 0.1) is 11.8 Å². The molecule has 0 bridgehead atoms. The standard InChI is InChI=1S/C21H31N3/c1-2-6-17(7-3-1)10-11-18-12-14-24(15-13-18)16-21-19-8-4-5-9-20(19)22-23-21/h4-5,8-9,17-18H,1-3,6-7,10-16H2,(H,22,23). The fraction of sp³-hybridized carbons (Fsp3) is 0.667. The van der Waals surface area contributed by atoms with Crippen molar-refractivity contribution in [3.63, 3.8) is 0 Å². The minimum atomic E-state index is 0.971. The van der Waals surface area contributed by atoms with Gasteiger partial charge in [0.1, 0.15) is 0 Å². The quantitative estimate of drug-likeness (QED) is 0.826. The van der Waals surface area contributed by atoms with E-state index in [1.54, 1.807) is 0 Å². The first-order chi connectivity index (χ1) is 11.9.